The average molecular weight is 312 g/mol. The van der Waals surface area contributed by atoms with Gasteiger partial charge in [0, 0.05) is 18.3 Å². The standard InChI is InChI=1S/C18H20N2O3/c1-3-23-18(22)16(13-8-5-4-6-9-13)20-15-11-7-10-14(12-15)17(21)19-2/h4-12,16,20H,3H2,1-2H3,(H,19,21)/t16-/m1/s1. The molecule has 0 heterocycles. The molecule has 2 aromatic carbocycles. The van der Waals surface area contributed by atoms with Gasteiger partial charge in [0.25, 0.3) is 5.91 Å². The van der Waals surface area contributed by atoms with Crippen LogP contribution in [0.25, 0.3) is 0 Å². The highest BCUT2D eigenvalue weighted by Gasteiger charge is 2.21. The maximum Gasteiger partial charge on any atom is 0.333 e. The lowest BCUT2D eigenvalue weighted by Crippen LogP contribution is -2.24. The molecule has 0 spiro atoms. The van der Waals surface area contributed by atoms with E-state index in [2.05, 4.69) is 10.6 Å². The first kappa shape index (κ1) is 16.5. The van der Waals surface area contributed by atoms with Gasteiger partial charge in [0.1, 0.15) is 0 Å². The molecule has 0 aliphatic carbocycles. The van der Waals surface area contributed by atoms with Gasteiger partial charge < -0.3 is 15.4 Å². The lowest BCUT2D eigenvalue weighted by Gasteiger charge is -2.19. The summed E-state index contributed by atoms with van der Waals surface area (Å²) in [7, 11) is 1.58. The van der Waals surface area contributed by atoms with Gasteiger partial charge in [-0.25, -0.2) is 4.79 Å². The molecule has 5 heteroatoms. The highest BCUT2D eigenvalue weighted by atomic mass is 16.5. The quantitative estimate of drug-likeness (QED) is 0.805. The molecule has 1 atom stereocenters. The van der Waals surface area contributed by atoms with Crippen LogP contribution >= 0.6 is 0 Å². The minimum absolute atomic E-state index is 0.180. The largest absolute Gasteiger partial charge is 0.464 e. The molecule has 0 fully saturated rings. The van der Waals surface area contributed by atoms with Crippen molar-refractivity contribution in [1.82, 2.24) is 5.32 Å². The van der Waals surface area contributed by atoms with Crippen molar-refractivity contribution in [3.8, 4) is 0 Å². The fraction of sp³-hybridized carbons (Fsp3) is 0.222. The Labute approximate surface area is 135 Å². The van der Waals surface area contributed by atoms with Crippen LogP contribution in [0.15, 0.2) is 54.6 Å². The van der Waals surface area contributed by atoms with Crippen LogP contribution in [0.4, 0.5) is 5.69 Å². The Morgan fingerprint density at radius 1 is 1.09 bits per heavy atom. The summed E-state index contributed by atoms with van der Waals surface area (Å²) < 4.78 is 5.15. The van der Waals surface area contributed by atoms with Gasteiger partial charge in [-0.3, -0.25) is 4.79 Å². The van der Waals surface area contributed by atoms with Gasteiger partial charge >= 0.3 is 5.97 Å². The van der Waals surface area contributed by atoms with Gasteiger partial charge in [0.05, 0.1) is 6.61 Å². The SMILES string of the molecule is CCOC(=O)[C@H](Nc1cccc(C(=O)NC)c1)c1ccccc1. The Bertz CT molecular complexity index is 671. The van der Waals surface area contributed by atoms with E-state index in [1.807, 2.05) is 36.4 Å². The van der Waals surface area contributed by atoms with Crippen molar-refractivity contribution in [2.45, 2.75) is 13.0 Å². The molecule has 0 bridgehead atoms. The van der Waals surface area contributed by atoms with E-state index in [4.69, 9.17) is 4.74 Å². The van der Waals surface area contributed by atoms with Crippen LogP contribution in [-0.2, 0) is 9.53 Å². The second kappa shape index (κ2) is 7.98. The normalized spacial score (nSPS) is 11.4. The fourth-order valence-electron chi connectivity index (χ4n) is 2.21. The third-order valence-electron chi connectivity index (χ3n) is 3.32. The van der Waals surface area contributed by atoms with E-state index in [1.54, 1.807) is 32.2 Å². The average Bonchev–Trinajstić information content (AvgIpc) is 2.60. The van der Waals surface area contributed by atoms with Crippen molar-refractivity contribution in [2.75, 3.05) is 19.0 Å². The Hall–Kier alpha value is -2.82. The number of esters is 1. The molecule has 2 N–H and O–H groups in total. The van der Waals surface area contributed by atoms with Crippen molar-refractivity contribution in [3.05, 3.63) is 65.7 Å². The molecule has 2 aromatic rings. The van der Waals surface area contributed by atoms with E-state index in [-0.39, 0.29) is 11.9 Å². The zero-order valence-corrected chi connectivity index (χ0v) is 13.2. The van der Waals surface area contributed by atoms with E-state index >= 15 is 0 Å². The number of hydrogen-bond donors (Lipinski definition) is 2. The zero-order valence-electron chi connectivity index (χ0n) is 13.2. The topological polar surface area (TPSA) is 67.4 Å². The molecule has 5 nitrogen and oxygen atoms in total. The molecule has 0 aromatic heterocycles. The van der Waals surface area contributed by atoms with Gasteiger partial charge in [0.2, 0.25) is 0 Å². The number of carbonyl (C=O) groups is 2. The number of anilines is 1. The number of carbonyl (C=O) groups excluding carboxylic acids is 2. The molecule has 1 amide bonds. The van der Waals surface area contributed by atoms with E-state index in [0.717, 1.165) is 5.56 Å². The Morgan fingerprint density at radius 2 is 1.83 bits per heavy atom. The van der Waals surface area contributed by atoms with Crippen molar-refractivity contribution in [2.24, 2.45) is 0 Å². The van der Waals surface area contributed by atoms with Crippen LogP contribution < -0.4 is 10.6 Å². The van der Waals surface area contributed by atoms with Crippen LogP contribution in [0.3, 0.4) is 0 Å². The number of rotatable bonds is 6. The molecule has 0 saturated heterocycles. The third-order valence-corrected chi connectivity index (χ3v) is 3.32. The van der Waals surface area contributed by atoms with E-state index in [1.165, 1.54) is 0 Å². The summed E-state index contributed by atoms with van der Waals surface area (Å²) in [6.45, 7) is 2.08. The molecule has 0 radical (unpaired) electrons. The monoisotopic (exact) mass is 312 g/mol. The molecular weight excluding hydrogens is 292 g/mol. The van der Waals surface area contributed by atoms with E-state index < -0.39 is 6.04 Å². The number of amides is 1. The summed E-state index contributed by atoms with van der Waals surface area (Å²) in [4.78, 5) is 24.0. The molecule has 120 valence electrons. The Kier molecular flexibility index (Phi) is 5.74. The maximum absolute atomic E-state index is 12.3. The summed E-state index contributed by atoms with van der Waals surface area (Å²) >= 11 is 0. The zero-order chi connectivity index (χ0) is 16.7. The summed E-state index contributed by atoms with van der Waals surface area (Å²) in [5.41, 5.74) is 2.00. The first-order valence-electron chi connectivity index (χ1n) is 7.46. The first-order chi connectivity index (χ1) is 11.2. The van der Waals surface area contributed by atoms with Crippen LogP contribution in [0, 0.1) is 0 Å². The van der Waals surface area contributed by atoms with Crippen LogP contribution in [0.2, 0.25) is 0 Å². The summed E-state index contributed by atoms with van der Waals surface area (Å²) in [6.07, 6.45) is 0. The molecule has 0 aliphatic rings. The molecule has 0 unspecified atom stereocenters. The van der Waals surface area contributed by atoms with E-state index in [9.17, 15) is 9.59 Å². The second-order valence-corrected chi connectivity index (χ2v) is 4.90. The predicted octanol–water partition coefficient (Wildman–Crippen LogP) is 2.76. The summed E-state index contributed by atoms with van der Waals surface area (Å²) in [6, 6.07) is 15.7. The molecule has 23 heavy (non-hydrogen) atoms. The lowest BCUT2D eigenvalue weighted by molar-refractivity contribution is -0.144. The fourth-order valence-corrected chi connectivity index (χ4v) is 2.21. The predicted molar refractivity (Wildman–Crippen MR) is 89.3 cm³/mol. The molecular formula is C18H20N2O3. The number of benzene rings is 2. The van der Waals surface area contributed by atoms with Gasteiger partial charge in [-0.2, -0.15) is 0 Å². The van der Waals surface area contributed by atoms with Crippen molar-refractivity contribution < 1.29 is 14.3 Å². The summed E-state index contributed by atoms with van der Waals surface area (Å²) in [5.74, 6) is -0.537. The van der Waals surface area contributed by atoms with Crippen molar-refractivity contribution >= 4 is 17.6 Å². The van der Waals surface area contributed by atoms with Crippen LogP contribution in [0.1, 0.15) is 28.9 Å². The van der Waals surface area contributed by atoms with Gasteiger partial charge in [-0.1, -0.05) is 36.4 Å². The second-order valence-electron chi connectivity index (χ2n) is 4.90. The van der Waals surface area contributed by atoms with Crippen LogP contribution in [-0.4, -0.2) is 25.5 Å². The number of ether oxygens (including phenoxy) is 1. The van der Waals surface area contributed by atoms with E-state index in [0.29, 0.717) is 17.9 Å². The van der Waals surface area contributed by atoms with Gasteiger partial charge in [-0.15, -0.1) is 0 Å². The van der Waals surface area contributed by atoms with Crippen molar-refractivity contribution in [1.29, 1.82) is 0 Å². The Balaban J connectivity index is 2.27. The highest BCUT2D eigenvalue weighted by Crippen LogP contribution is 2.22. The first-order valence-corrected chi connectivity index (χ1v) is 7.46. The molecule has 0 aliphatic heterocycles. The number of hydrogen-bond acceptors (Lipinski definition) is 4. The minimum atomic E-state index is -0.629. The minimum Gasteiger partial charge on any atom is -0.464 e. The van der Waals surface area contributed by atoms with Crippen molar-refractivity contribution in [3.63, 3.8) is 0 Å². The molecule has 2 rings (SSSR count). The lowest BCUT2D eigenvalue weighted by atomic mass is 10.1. The van der Waals surface area contributed by atoms with Gasteiger partial charge in [-0.05, 0) is 30.7 Å². The Morgan fingerprint density at radius 3 is 2.48 bits per heavy atom. The van der Waals surface area contributed by atoms with Gasteiger partial charge in [0.15, 0.2) is 6.04 Å². The summed E-state index contributed by atoms with van der Waals surface area (Å²) in [5, 5.41) is 5.72. The number of nitrogens with one attached hydrogen (secondary N) is 2. The highest BCUT2D eigenvalue weighted by molar-refractivity contribution is 5.95. The molecule has 0 saturated carbocycles. The third kappa shape index (κ3) is 4.32. The smallest absolute Gasteiger partial charge is 0.333 e. The van der Waals surface area contributed by atoms with Crippen LogP contribution in [0.5, 0.6) is 0 Å². The maximum atomic E-state index is 12.3.